The molecule has 0 spiro atoms. The monoisotopic (exact) mass is 353 g/mol. The van der Waals surface area contributed by atoms with Crippen molar-refractivity contribution in [2.24, 2.45) is 11.0 Å². The minimum atomic E-state index is -0.395. The van der Waals surface area contributed by atoms with E-state index in [9.17, 15) is 9.59 Å². The van der Waals surface area contributed by atoms with Gasteiger partial charge in [-0.1, -0.05) is 19.1 Å². The van der Waals surface area contributed by atoms with Gasteiger partial charge >= 0.3 is 0 Å². The number of nitrogens with one attached hydrogen (secondary N) is 1. The number of hydrazone groups is 1. The second-order valence-corrected chi connectivity index (χ2v) is 6.59. The van der Waals surface area contributed by atoms with Crippen LogP contribution in [0.25, 0.3) is 0 Å². The molecule has 2 atom stereocenters. The van der Waals surface area contributed by atoms with Gasteiger partial charge in [-0.05, 0) is 36.6 Å². The molecule has 134 valence electrons. The van der Waals surface area contributed by atoms with Crippen LogP contribution in [0, 0.1) is 5.92 Å². The number of nitrogens with zero attached hydrogens (tertiary/aromatic N) is 2. The first kappa shape index (κ1) is 16.4. The zero-order valence-corrected chi connectivity index (χ0v) is 14.3. The molecule has 1 aliphatic carbocycles. The van der Waals surface area contributed by atoms with E-state index in [0.717, 1.165) is 12.2 Å². The van der Waals surface area contributed by atoms with E-state index in [1.165, 1.54) is 11.1 Å². The van der Waals surface area contributed by atoms with Crippen LogP contribution in [0.2, 0.25) is 0 Å². The third kappa shape index (κ3) is 3.33. The Bertz CT molecular complexity index is 873. The van der Waals surface area contributed by atoms with Crippen LogP contribution in [-0.2, 0) is 9.59 Å². The fraction of sp³-hybridized carbons (Fsp3) is 0.316. The number of anilines is 1. The van der Waals surface area contributed by atoms with Crippen LogP contribution in [0.5, 0.6) is 5.75 Å². The van der Waals surface area contributed by atoms with Crippen molar-refractivity contribution in [3.05, 3.63) is 47.9 Å². The molecule has 7 nitrogen and oxygen atoms in total. The normalized spacial score (nSPS) is 21.4. The highest BCUT2D eigenvalue weighted by Gasteiger charge is 2.36. The van der Waals surface area contributed by atoms with E-state index in [1.807, 2.05) is 18.2 Å². The van der Waals surface area contributed by atoms with Crippen molar-refractivity contribution in [3.63, 3.8) is 0 Å². The van der Waals surface area contributed by atoms with Gasteiger partial charge in [-0.3, -0.25) is 14.5 Å². The molecule has 4 rings (SSSR count). The van der Waals surface area contributed by atoms with Gasteiger partial charge in [0.25, 0.3) is 11.8 Å². The van der Waals surface area contributed by atoms with E-state index in [-0.39, 0.29) is 19.1 Å². The minimum absolute atomic E-state index is 0.0810. The van der Waals surface area contributed by atoms with Crippen molar-refractivity contribution >= 4 is 23.7 Å². The fourth-order valence-corrected chi connectivity index (χ4v) is 3.03. The molecule has 2 aromatic rings. The van der Waals surface area contributed by atoms with Crippen LogP contribution in [0.3, 0.4) is 0 Å². The molecule has 1 fully saturated rings. The number of fused-ring (bicyclic) bond motifs is 1. The van der Waals surface area contributed by atoms with Crippen molar-refractivity contribution in [2.75, 3.05) is 18.1 Å². The lowest BCUT2D eigenvalue weighted by Crippen LogP contribution is -2.44. The number of amides is 2. The van der Waals surface area contributed by atoms with Crippen molar-refractivity contribution in [1.82, 2.24) is 5.43 Å². The number of furan rings is 1. The zero-order chi connectivity index (χ0) is 18.1. The first-order valence-corrected chi connectivity index (χ1v) is 8.55. The van der Waals surface area contributed by atoms with Gasteiger partial charge in [0, 0.05) is 5.92 Å². The number of hydrogen-bond donors (Lipinski definition) is 1. The minimum Gasteiger partial charge on any atom is -0.482 e. The molecule has 1 N–H and O–H groups in total. The molecule has 2 aliphatic rings. The van der Waals surface area contributed by atoms with Gasteiger partial charge in [0.15, 0.2) is 6.61 Å². The zero-order valence-electron chi connectivity index (χ0n) is 14.3. The molecule has 1 saturated carbocycles. The number of ether oxygens (including phenoxy) is 1. The third-order valence-corrected chi connectivity index (χ3v) is 4.61. The molecule has 0 unspecified atom stereocenters. The van der Waals surface area contributed by atoms with Gasteiger partial charge < -0.3 is 9.15 Å². The summed E-state index contributed by atoms with van der Waals surface area (Å²) in [4.78, 5) is 25.6. The van der Waals surface area contributed by atoms with E-state index in [4.69, 9.17) is 9.15 Å². The van der Waals surface area contributed by atoms with Gasteiger partial charge in [0.2, 0.25) is 0 Å². The number of carbonyl (C=O) groups excluding carboxylic acids is 2. The average molecular weight is 353 g/mol. The molecular weight excluding hydrogens is 334 g/mol. The largest absolute Gasteiger partial charge is 0.482 e. The van der Waals surface area contributed by atoms with Crippen molar-refractivity contribution in [1.29, 1.82) is 0 Å². The summed E-state index contributed by atoms with van der Waals surface area (Å²) >= 11 is 0. The molecule has 26 heavy (non-hydrogen) atoms. The summed E-state index contributed by atoms with van der Waals surface area (Å²) in [5, 5.41) is 3.91. The quantitative estimate of drug-likeness (QED) is 0.660. The second kappa shape index (κ2) is 6.67. The topological polar surface area (TPSA) is 84.1 Å². The molecule has 1 aromatic heterocycles. The highest BCUT2D eigenvalue weighted by molar-refractivity contribution is 6.02. The Morgan fingerprint density at radius 1 is 1.35 bits per heavy atom. The van der Waals surface area contributed by atoms with Crippen LogP contribution in [0.15, 0.2) is 45.9 Å². The second-order valence-electron chi connectivity index (χ2n) is 6.59. The Balaban J connectivity index is 1.35. The summed E-state index contributed by atoms with van der Waals surface area (Å²) in [5.74, 6) is 2.64. The van der Waals surface area contributed by atoms with Gasteiger partial charge in [-0.2, -0.15) is 5.10 Å². The number of hydrogen-bond acceptors (Lipinski definition) is 5. The van der Waals surface area contributed by atoms with E-state index in [2.05, 4.69) is 17.5 Å². The highest BCUT2D eigenvalue weighted by Crippen LogP contribution is 2.47. The summed E-state index contributed by atoms with van der Waals surface area (Å²) in [5.41, 5.74) is 3.01. The lowest BCUT2D eigenvalue weighted by Gasteiger charge is -2.28. The van der Waals surface area contributed by atoms with Crippen molar-refractivity contribution in [3.8, 4) is 5.75 Å². The van der Waals surface area contributed by atoms with Crippen LogP contribution in [-0.4, -0.2) is 31.2 Å². The Morgan fingerprint density at radius 3 is 2.96 bits per heavy atom. The molecular formula is C19H19N3O4. The van der Waals surface area contributed by atoms with Gasteiger partial charge in [-0.25, -0.2) is 5.43 Å². The maximum Gasteiger partial charge on any atom is 0.265 e. The van der Waals surface area contributed by atoms with E-state index >= 15 is 0 Å². The molecule has 1 aliphatic heterocycles. The highest BCUT2D eigenvalue weighted by atomic mass is 16.5. The van der Waals surface area contributed by atoms with Crippen LogP contribution in [0.4, 0.5) is 5.69 Å². The molecule has 2 amide bonds. The lowest BCUT2D eigenvalue weighted by molar-refractivity contribution is -0.125. The van der Waals surface area contributed by atoms with Crippen molar-refractivity contribution in [2.45, 2.75) is 19.3 Å². The first-order chi connectivity index (χ1) is 12.6. The maximum atomic E-state index is 12.1. The summed E-state index contributed by atoms with van der Waals surface area (Å²) in [6.07, 6.45) is 2.61. The van der Waals surface area contributed by atoms with E-state index in [1.54, 1.807) is 18.2 Å². The predicted molar refractivity (Wildman–Crippen MR) is 95.3 cm³/mol. The van der Waals surface area contributed by atoms with Gasteiger partial charge in [0.05, 0.1) is 11.9 Å². The molecule has 2 heterocycles. The summed E-state index contributed by atoms with van der Waals surface area (Å²) < 4.78 is 11.0. The van der Waals surface area contributed by atoms with Gasteiger partial charge in [0.1, 0.15) is 23.8 Å². The third-order valence-electron chi connectivity index (χ3n) is 4.61. The van der Waals surface area contributed by atoms with Gasteiger partial charge in [-0.15, -0.1) is 0 Å². The Labute approximate surface area is 150 Å². The maximum absolute atomic E-state index is 12.1. The number of para-hydroxylation sites is 2. The average Bonchev–Trinajstić information content (AvgIpc) is 3.18. The molecule has 0 bridgehead atoms. The molecule has 0 radical (unpaired) electrons. The summed E-state index contributed by atoms with van der Waals surface area (Å²) in [7, 11) is 0. The van der Waals surface area contributed by atoms with Crippen LogP contribution in [0.1, 0.15) is 30.8 Å². The summed E-state index contributed by atoms with van der Waals surface area (Å²) in [6.45, 7) is 1.98. The smallest absolute Gasteiger partial charge is 0.265 e. The standard InChI is InChI=1S/C19H19N3O4/c1-12-8-14(12)16-7-6-13(26-16)9-20-21-18(23)10-22-15-4-2-3-5-17(15)25-11-19(22)24/h2-7,9,12,14H,8,10-11H2,1H3,(H,21,23)/b20-9-/t12-,14+/m0/s1. The van der Waals surface area contributed by atoms with Crippen LogP contribution >= 0.6 is 0 Å². The lowest BCUT2D eigenvalue weighted by atomic mass is 10.2. The molecule has 7 heteroatoms. The Hall–Kier alpha value is -3.09. The molecule has 1 aromatic carbocycles. The van der Waals surface area contributed by atoms with E-state index in [0.29, 0.717) is 29.0 Å². The Kier molecular flexibility index (Phi) is 4.20. The van der Waals surface area contributed by atoms with Crippen LogP contribution < -0.4 is 15.1 Å². The number of carbonyl (C=O) groups is 2. The Morgan fingerprint density at radius 2 is 2.15 bits per heavy atom. The summed E-state index contributed by atoms with van der Waals surface area (Å²) in [6, 6.07) is 10.9. The molecule has 0 saturated heterocycles. The van der Waals surface area contributed by atoms with E-state index < -0.39 is 5.91 Å². The first-order valence-electron chi connectivity index (χ1n) is 8.55. The number of rotatable bonds is 5. The fourth-order valence-electron chi connectivity index (χ4n) is 3.03. The van der Waals surface area contributed by atoms with Crippen molar-refractivity contribution < 1.29 is 18.7 Å². The SMILES string of the molecule is C[C@H]1C[C@H]1c1ccc(/C=N\NC(=O)CN2C(=O)COc3ccccc32)o1. The predicted octanol–water partition coefficient (Wildman–Crippen LogP) is 2.28. The number of benzene rings is 1.